The molecule has 1 N–H and O–H groups in total. The summed E-state index contributed by atoms with van der Waals surface area (Å²) in [6, 6.07) is 2.69. The largest absolute Gasteiger partial charge is 0.405 e. The molecule has 1 heterocycles. The van der Waals surface area contributed by atoms with Gasteiger partial charge in [0.1, 0.15) is 12.5 Å². The monoisotopic (exact) mass is 383 g/mol. The molecule has 2 atom stereocenters. The van der Waals surface area contributed by atoms with Crippen LogP contribution in [0, 0.1) is 27.4 Å². The van der Waals surface area contributed by atoms with E-state index in [0.717, 1.165) is 12.1 Å². The fourth-order valence-corrected chi connectivity index (χ4v) is 2.57. The van der Waals surface area contributed by atoms with Gasteiger partial charge in [0, 0.05) is 17.8 Å². The van der Waals surface area contributed by atoms with Crippen LogP contribution >= 0.6 is 0 Å². The van der Waals surface area contributed by atoms with Crippen LogP contribution < -0.4 is 5.32 Å². The molecule has 0 saturated heterocycles. The number of imide groups is 1. The molecule has 1 aliphatic heterocycles. The predicted molar refractivity (Wildman–Crippen MR) is 84.7 cm³/mol. The molecule has 9 nitrogen and oxygen atoms in total. The highest BCUT2D eigenvalue weighted by Gasteiger charge is 2.43. The van der Waals surface area contributed by atoms with E-state index in [1.807, 2.05) is 6.07 Å². The third-order valence-corrected chi connectivity index (χ3v) is 3.74. The van der Waals surface area contributed by atoms with Crippen LogP contribution in [-0.2, 0) is 0 Å². The quantitative estimate of drug-likeness (QED) is 0.634. The molecule has 1 aromatic rings. The molecule has 0 fully saturated rings. The second-order valence-electron chi connectivity index (χ2n) is 5.58. The van der Waals surface area contributed by atoms with Gasteiger partial charge in [-0.1, -0.05) is 12.1 Å². The number of nitriles is 1. The maximum Gasteiger partial charge on any atom is 0.405 e. The summed E-state index contributed by atoms with van der Waals surface area (Å²) < 4.78 is 37.1. The topological polar surface area (TPSA) is 129 Å². The fourth-order valence-electron chi connectivity index (χ4n) is 2.57. The van der Waals surface area contributed by atoms with Gasteiger partial charge in [-0.25, -0.2) is 19.5 Å². The number of benzene rings is 1. The van der Waals surface area contributed by atoms with Crippen molar-refractivity contribution in [3.8, 4) is 6.07 Å². The van der Waals surface area contributed by atoms with Gasteiger partial charge in [0.25, 0.3) is 5.69 Å². The minimum Gasteiger partial charge on any atom is -0.328 e. The van der Waals surface area contributed by atoms with Gasteiger partial charge in [-0.3, -0.25) is 10.1 Å². The predicted octanol–water partition coefficient (Wildman–Crippen LogP) is 2.94. The normalized spacial score (nSPS) is 19.9. The van der Waals surface area contributed by atoms with Crippen molar-refractivity contribution in [2.45, 2.75) is 19.1 Å². The number of nitro groups is 1. The van der Waals surface area contributed by atoms with E-state index in [0.29, 0.717) is 4.90 Å². The van der Waals surface area contributed by atoms with Gasteiger partial charge in [-0.05, 0) is 12.5 Å². The Labute approximate surface area is 150 Å². The molecule has 0 spiro atoms. The number of aliphatic imine (C=N–C) groups is 1. The molecule has 1 aliphatic rings. The number of carbonyl (C=O) groups excluding carboxylic acids is 2. The van der Waals surface area contributed by atoms with Crippen LogP contribution in [-0.4, -0.2) is 40.3 Å². The minimum absolute atomic E-state index is 0.0406. The summed E-state index contributed by atoms with van der Waals surface area (Å²) in [6.07, 6.45) is -4.72. The van der Waals surface area contributed by atoms with Crippen molar-refractivity contribution in [1.29, 1.82) is 5.26 Å². The molecule has 0 aliphatic carbocycles. The minimum atomic E-state index is -4.72. The zero-order chi connectivity index (χ0) is 20.4. The first-order chi connectivity index (χ1) is 12.5. The number of nitrogens with one attached hydrogen (secondary N) is 1. The first-order valence-electron chi connectivity index (χ1n) is 7.42. The number of urea groups is 2. The standard InChI is InChI=1S/C15H12F3N5O4/c1-8-11(6-19)12(9-3-2-4-10(5-9)23(26)27)22(14(25)21-8)13(24)20-7-15(16,17)18/h2-5,11-12H,7H2,1H3,(H,20,24). The number of halogens is 3. The van der Waals surface area contributed by atoms with E-state index in [2.05, 4.69) is 4.99 Å². The van der Waals surface area contributed by atoms with Crippen molar-refractivity contribution < 1.29 is 27.7 Å². The van der Waals surface area contributed by atoms with Crippen LogP contribution in [0.15, 0.2) is 29.3 Å². The van der Waals surface area contributed by atoms with E-state index < -0.39 is 41.7 Å². The summed E-state index contributed by atoms with van der Waals surface area (Å²) >= 11 is 0. The van der Waals surface area contributed by atoms with Crippen molar-refractivity contribution >= 4 is 23.5 Å². The lowest BCUT2D eigenvalue weighted by Gasteiger charge is -2.35. The molecular weight excluding hydrogens is 371 g/mol. The summed E-state index contributed by atoms with van der Waals surface area (Å²) in [5, 5.41) is 21.9. The number of hydrogen-bond donors (Lipinski definition) is 1. The Morgan fingerprint density at radius 3 is 2.70 bits per heavy atom. The van der Waals surface area contributed by atoms with Crippen molar-refractivity contribution in [2.75, 3.05) is 6.54 Å². The highest BCUT2D eigenvalue weighted by atomic mass is 19.4. The first-order valence-corrected chi connectivity index (χ1v) is 7.42. The lowest BCUT2D eigenvalue weighted by molar-refractivity contribution is -0.385. The summed E-state index contributed by atoms with van der Waals surface area (Å²) in [5.41, 5.74) is -0.285. The van der Waals surface area contributed by atoms with Crippen LogP contribution in [0.2, 0.25) is 0 Å². The Balaban J connectivity index is 2.50. The average molecular weight is 383 g/mol. The van der Waals surface area contributed by atoms with E-state index in [4.69, 9.17) is 0 Å². The van der Waals surface area contributed by atoms with Crippen LogP contribution in [0.4, 0.5) is 28.4 Å². The molecular formula is C15H12F3N5O4. The molecule has 27 heavy (non-hydrogen) atoms. The van der Waals surface area contributed by atoms with Gasteiger partial charge in [-0.15, -0.1) is 0 Å². The number of amides is 4. The van der Waals surface area contributed by atoms with Gasteiger partial charge in [0.2, 0.25) is 0 Å². The lowest BCUT2D eigenvalue weighted by Crippen LogP contribution is -2.52. The van der Waals surface area contributed by atoms with Crippen molar-refractivity contribution in [3.05, 3.63) is 39.9 Å². The van der Waals surface area contributed by atoms with Crippen LogP contribution in [0.5, 0.6) is 0 Å². The molecule has 142 valence electrons. The maximum atomic E-state index is 12.4. The third kappa shape index (κ3) is 4.38. The smallest absolute Gasteiger partial charge is 0.328 e. The lowest BCUT2D eigenvalue weighted by atomic mass is 9.88. The Bertz CT molecular complexity index is 862. The zero-order valence-corrected chi connectivity index (χ0v) is 13.7. The molecule has 12 heteroatoms. The zero-order valence-electron chi connectivity index (χ0n) is 13.7. The number of non-ortho nitro benzene ring substituents is 1. The number of carbonyl (C=O) groups is 2. The SMILES string of the molecule is CC1=NC(=O)N(C(=O)NCC(F)(F)F)C(c2cccc([N+](=O)[O-])c2)C1C#N. The number of nitrogens with zero attached hydrogens (tertiary/aromatic N) is 4. The summed E-state index contributed by atoms with van der Waals surface area (Å²) in [5.74, 6) is -1.18. The Morgan fingerprint density at radius 1 is 1.48 bits per heavy atom. The molecule has 0 aromatic heterocycles. The van der Waals surface area contributed by atoms with E-state index in [1.165, 1.54) is 19.1 Å². The summed E-state index contributed by atoms with van der Waals surface area (Å²) in [4.78, 5) is 38.5. The number of nitro benzene ring substituents is 1. The number of alkyl halides is 3. The van der Waals surface area contributed by atoms with Gasteiger partial charge >= 0.3 is 18.2 Å². The van der Waals surface area contributed by atoms with Gasteiger partial charge in [-0.2, -0.15) is 18.4 Å². The van der Waals surface area contributed by atoms with Crippen LogP contribution in [0.1, 0.15) is 18.5 Å². The van der Waals surface area contributed by atoms with Crippen molar-refractivity contribution in [1.82, 2.24) is 10.2 Å². The van der Waals surface area contributed by atoms with Gasteiger partial charge in [0.15, 0.2) is 0 Å². The molecule has 0 radical (unpaired) electrons. The number of rotatable bonds is 3. The van der Waals surface area contributed by atoms with E-state index in [9.17, 15) is 38.1 Å². The molecule has 4 amide bonds. The highest BCUT2D eigenvalue weighted by molar-refractivity contribution is 6.05. The highest BCUT2D eigenvalue weighted by Crippen LogP contribution is 2.35. The Hall–Kier alpha value is -3.49. The van der Waals surface area contributed by atoms with Crippen LogP contribution in [0.3, 0.4) is 0 Å². The van der Waals surface area contributed by atoms with Crippen molar-refractivity contribution in [3.63, 3.8) is 0 Å². The van der Waals surface area contributed by atoms with E-state index in [1.54, 1.807) is 5.32 Å². The molecule has 2 unspecified atom stereocenters. The summed E-state index contributed by atoms with van der Waals surface area (Å²) in [7, 11) is 0. The van der Waals surface area contributed by atoms with E-state index >= 15 is 0 Å². The third-order valence-electron chi connectivity index (χ3n) is 3.74. The molecule has 2 rings (SSSR count). The summed E-state index contributed by atoms with van der Waals surface area (Å²) in [6.45, 7) is -0.349. The average Bonchev–Trinajstić information content (AvgIpc) is 2.58. The molecule has 0 bridgehead atoms. The number of hydrogen-bond acceptors (Lipinski definition) is 5. The molecule has 0 saturated carbocycles. The second-order valence-corrected chi connectivity index (χ2v) is 5.58. The Kier molecular flexibility index (Phi) is 5.44. The maximum absolute atomic E-state index is 12.4. The van der Waals surface area contributed by atoms with Crippen LogP contribution in [0.25, 0.3) is 0 Å². The van der Waals surface area contributed by atoms with Crippen molar-refractivity contribution in [2.24, 2.45) is 10.9 Å². The van der Waals surface area contributed by atoms with Gasteiger partial charge in [0.05, 0.1) is 17.0 Å². The first kappa shape index (κ1) is 19.8. The molecule has 1 aromatic carbocycles. The second kappa shape index (κ2) is 7.40. The van der Waals surface area contributed by atoms with E-state index in [-0.39, 0.29) is 17.0 Å². The van der Waals surface area contributed by atoms with Gasteiger partial charge < -0.3 is 5.32 Å². The Morgan fingerprint density at radius 2 is 2.15 bits per heavy atom. The fraction of sp³-hybridized carbons (Fsp3) is 0.333.